The van der Waals surface area contributed by atoms with E-state index in [1.807, 2.05) is 0 Å². The number of phosphoric acid groups is 1. The molecule has 11 nitrogen and oxygen atoms in total. The summed E-state index contributed by atoms with van der Waals surface area (Å²) in [5.74, 6) is -2.40. The Morgan fingerprint density at radius 2 is 1.06 bits per heavy atom. The molecule has 0 fully saturated rings. The molecule has 0 aliphatic rings. The molecule has 0 heterocycles. The van der Waals surface area contributed by atoms with Gasteiger partial charge in [0, 0.05) is 12.8 Å². The van der Waals surface area contributed by atoms with E-state index >= 15 is 0 Å². The molecule has 0 rings (SSSR count). The summed E-state index contributed by atoms with van der Waals surface area (Å²) in [7, 11) is -4.71. The summed E-state index contributed by atoms with van der Waals surface area (Å²) < 4.78 is 32.5. The van der Waals surface area contributed by atoms with Crippen molar-refractivity contribution in [1.82, 2.24) is 0 Å². The molecule has 0 saturated heterocycles. The normalized spacial score (nSPS) is 14.2. The molecule has 48 heavy (non-hydrogen) atoms. The molecule has 0 saturated carbocycles. The van der Waals surface area contributed by atoms with Gasteiger partial charge in [0.1, 0.15) is 12.6 Å². The highest BCUT2D eigenvalue weighted by Gasteiger charge is 2.28. The third-order valence-corrected chi connectivity index (χ3v) is 8.62. The van der Waals surface area contributed by atoms with Crippen LogP contribution >= 0.6 is 7.82 Å². The van der Waals surface area contributed by atoms with Gasteiger partial charge in [-0.05, 0) is 57.8 Å². The molecule has 280 valence electrons. The van der Waals surface area contributed by atoms with Crippen molar-refractivity contribution in [2.24, 2.45) is 5.73 Å². The quantitative estimate of drug-likeness (QED) is 0.0253. The number of nitrogens with two attached hydrogens (primary N) is 1. The molecule has 0 aromatic carbocycles. The minimum atomic E-state index is -4.71. The maximum atomic E-state index is 12.5. The fourth-order valence-corrected chi connectivity index (χ4v) is 5.46. The minimum absolute atomic E-state index is 0.150. The van der Waals surface area contributed by atoms with Gasteiger partial charge in [-0.1, -0.05) is 109 Å². The first kappa shape index (κ1) is 46.0. The SMILES string of the molecule is CCCC/C=C/CCCCCCCC(=O)OC[C@H](COP(=O)(O)OC[C@H](N)C(=O)O)OC(=O)CCCCCCC/C=C/CCCCCC. The zero-order chi connectivity index (χ0) is 35.7. The topological polar surface area (TPSA) is 172 Å². The van der Waals surface area contributed by atoms with Crippen molar-refractivity contribution in [3.05, 3.63) is 24.3 Å². The number of hydrogen-bond donors (Lipinski definition) is 3. The van der Waals surface area contributed by atoms with Crippen LogP contribution in [-0.4, -0.2) is 59.9 Å². The molecule has 3 atom stereocenters. The maximum Gasteiger partial charge on any atom is 0.472 e. The number of carboxylic acid groups (broad SMARTS) is 1. The lowest BCUT2D eigenvalue weighted by molar-refractivity contribution is -0.161. The summed E-state index contributed by atoms with van der Waals surface area (Å²) in [6, 6.07) is -1.52. The maximum absolute atomic E-state index is 12.5. The molecule has 1 unspecified atom stereocenters. The third kappa shape index (κ3) is 31.2. The van der Waals surface area contributed by atoms with Crippen molar-refractivity contribution < 1.29 is 47.5 Å². The highest BCUT2D eigenvalue weighted by molar-refractivity contribution is 7.47. The zero-order valence-corrected chi connectivity index (χ0v) is 30.7. The van der Waals surface area contributed by atoms with E-state index in [1.54, 1.807) is 0 Å². The number of unbranched alkanes of at least 4 members (excludes halogenated alkanes) is 16. The first-order chi connectivity index (χ1) is 23.1. The van der Waals surface area contributed by atoms with Crippen molar-refractivity contribution in [1.29, 1.82) is 0 Å². The number of hydrogen-bond acceptors (Lipinski definition) is 9. The second kappa shape index (κ2) is 32.2. The van der Waals surface area contributed by atoms with E-state index in [4.69, 9.17) is 24.8 Å². The molecule has 0 aliphatic heterocycles. The smallest absolute Gasteiger partial charge is 0.472 e. The summed E-state index contributed by atoms with van der Waals surface area (Å²) in [4.78, 5) is 45.6. The van der Waals surface area contributed by atoms with E-state index in [0.717, 1.165) is 77.0 Å². The van der Waals surface area contributed by atoms with Crippen LogP contribution in [0.2, 0.25) is 0 Å². The van der Waals surface area contributed by atoms with Crippen LogP contribution in [0.1, 0.15) is 155 Å². The van der Waals surface area contributed by atoms with Crippen molar-refractivity contribution in [3.63, 3.8) is 0 Å². The monoisotopic (exact) mass is 703 g/mol. The fourth-order valence-electron chi connectivity index (χ4n) is 4.69. The number of allylic oxidation sites excluding steroid dienone is 4. The first-order valence-electron chi connectivity index (χ1n) is 18.4. The summed E-state index contributed by atoms with van der Waals surface area (Å²) in [5, 5.41) is 8.84. The molecule has 0 aromatic rings. The van der Waals surface area contributed by atoms with Crippen molar-refractivity contribution in [2.45, 2.75) is 167 Å². The second-order valence-electron chi connectivity index (χ2n) is 12.3. The Morgan fingerprint density at radius 3 is 1.58 bits per heavy atom. The van der Waals surface area contributed by atoms with Gasteiger partial charge in [-0.2, -0.15) is 0 Å². The van der Waals surface area contributed by atoms with Crippen LogP contribution in [0.15, 0.2) is 24.3 Å². The predicted octanol–water partition coefficient (Wildman–Crippen LogP) is 8.72. The predicted molar refractivity (Wildman–Crippen MR) is 189 cm³/mol. The van der Waals surface area contributed by atoms with Gasteiger partial charge in [0.2, 0.25) is 0 Å². The van der Waals surface area contributed by atoms with Crippen LogP contribution in [0.25, 0.3) is 0 Å². The second-order valence-corrected chi connectivity index (χ2v) is 13.8. The van der Waals surface area contributed by atoms with Crippen molar-refractivity contribution in [3.8, 4) is 0 Å². The molecule has 0 bridgehead atoms. The van der Waals surface area contributed by atoms with Crippen LogP contribution in [0, 0.1) is 0 Å². The molecule has 0 amide bonds. The summed E-state index contributed by atoms with van der Waals surface area (Å²) in [6.45, 7) is 2.70. The van der Waals surface area contributed by atoms with E-state index in [2.05, 4.69) is 42.7 Å². The summed E-state index contributed by atoms with van der Waals surface area (Å²) in [5.41, 5.74) is 5.30. The molecular formula is C36H66NO10P. The molecule has 0 aliphatic carbocycles. The van der Waals surface area contributed by atoms with Gasteiger partial charge in [-0.3, -0.25) is 23.4 Å². The number of aliphatic carboxylic acids is 1. The molecule has 0 spiro atoms. The number of carboxylic acids is 1. The summed E-state index contributed by atoms with van der Waals surface area (Å²) in [6.07, 6.45) is 29.7. The van der Waals surface area contributed by atoms with Crippen LogP contribution in [0.5, 0.6) is 0 Å². The van der Waals surface area contributed by atoms with Gasteiger partial charge in [-0.25, -0.2) is 4.57 Å². The Hall–Kier alpha value is -2.04. The number of carbonyl (C=O) groups is 3. The van der Waals surface area contributed by atoms with Crippen LogP contribution < -0.4 is 5.73 Å². The Kier molecular flexibility index (Phi) is 30.8. The lowest BCUT2D eigenvalue weighted by Gasteiger charge is -2.20. The average molecular weight is 704 g/mol. The molecular weight excluding hydrogens is 637 g/mol. The number of ether oxygens (including phenoxy) is 2. The van der Waals surface area contributed by atoms with E-state index in [-0.39, 0.29) is 19.4 Å². The Morgan fingerprint density at radius 1 is 0.625 bits per heavy atom. The van der Waals surface area contributed by atoms with E-state index in [9.17, 15) is 23.8 Å². The number of carbonyl (C=O) groups excluding carboxylic acids is 2. The first-order valence-corrected chi connectivity index (χ1v) is 19.9. The highest BCUT2D eigenvalue weighted by Crippen LogP contribution is 2.43. The van der Waals surface area contributed by atoms with Gasteiger partial charge < -0.3 is 25.2 Å². The van der Waals surface area contributed by atoms with Gasteiger partial charge in [0.15, 0.2) is 6.10 Å². The molecule has 0 aromatic heterocycles. The van der Waals surface area contributed by atoms with E-state index < -0.39 is 51.1 Å². The van der Waals surface area contributed by atoms with Crippen LogP contribution in [0.3, 0.4) is 0 Å². The number of phosphoric ester groups is 1. The van der Waals surface area contributed by atoms with Crippen molar-refractivity contribution in [2.75, 3.05) is 19.8 Å². The number of rotatable bonds is 34. The Balaban J connectivity index is 4.49. The Labute approximate surface area is 290 Å². The lowest BCUT2D eigenvalue weighted by Crippen LogP contribution is -2.34. The van der Waals surface area contributed by atoms with Gasteiger partial charge in [-0.15, -0.1) is 0 Å². The zero-order valence-electron chi connectivity index (χ0n) is 29.8. The van der Waals surface area contributed by atoms with E-state index in [0.29, 0.717) is 12.8 Å². The van der Waals surface area contributed by atoms with Gasteiger partial charge in [0.05, 0.1) is 13.2 Å². The standard InChI is InChI=1S/C36H66NO10P/c1-3-5-7-9-11-13-15-16-18-20-22-24-26-28-35(39)47-32(30-45-48(42,43)46-31-33(37)36(40)41)29-44-34(38)27-25-23-21-19-17-14-12-10-8-6-4-2/h10,12-13,15,32-33H,3-9,11,14,16-31,37H2,1-2H3,(H,40,41)(H,42,43)/b12-10+,15-13+/t32-,33+/m1/s1. The minimum Gasteiger partial charge on any atom is -0.480 e. The average Bonchev–Trinajstić information content (AvgIpc) is 3.05. The lowest BCUT2D eigenvalue weighted by atomic mass is 10.1. The van der Waals surface area contributed by atoms with Crippen LogP contribution in [0.4, 0.5) is 0 Å². The Bertz CT molecular complexity index is 926. The van der Waals surface area contributed by atoms with Crippen molar-refractivity contribution >= 4 is 25.7 Å². The molecule has 12 heteroatoms. The fraction of sp³-hybridized carbons (Fsp3) is 0.806. The van der Waals surface area contributed by atoms with Gasteiger partial charge >= 0.3 is 25.7 Å². The largest absolute Gasteiger partial charge is 0.480 e. The molecule has 4 N–H and O–H groups in total. The van der Waals surface area contributed by atoms with Gasteiger partial charge in [0.25, 0.3) is 0 Å². The third-order valence-electron chi connectivity index (χ3n) is 7.67. The highest BCUT2D eigenvalue weighted by atomic mass is 31.2. The van der Waals surface area contributed by atoms with Crippen LogP contribution in [-0.2, 0) is 37.5 Å². The van der Waals surface area contributed by atoms with E-state index in [1.165, 1.54) is 38.5 Å². The molecule has 0 radical (unpaired) electrons. The number of esters is 2. The summed E-state index contributed by atoms with van der Waals surface area (Å²) >= 11 is 0.